The third kappa shape index (κ3) is 5.32. The number of hydrogen-bond acceptors (Lipinski definition) is 8. The van der Waals surface area contributed by atoms with Gasteiger partial charge in [-0.3, -0.25) is 14.7 Å². The Kier molecular flexibility index (Phi) is 7.36. The summed E-state index contributed by atoms with van der Waals surface area (Å²) in [6, 6.07) is 1.75. The molecule has 12 heteroatoms. The summed E-state index contributed by atoms with van der Waals surface area (Å²) >= 11 is 7.39. The number of halogens is 2. The summed E-state index contributed by atoms with van der Waals surface area (Å²) in [6.07, 6.45) is 5.68. The molecule has 1 aliphatic rings. The Labute approximate surface area is 207 Å². The van der Waals surface area contributed by atoms with Gasteiger partial charge in [0.05, 0.1) is 27.5 Å². The van der Waals surface area contributed by atoms with E-state index >= 15 is 0 Å². The molecule has 3 aromatic rings. The van der Waals surface area contributed by atoms with Crippen molar-refractivity contribution >= 4 is 43.8 Å². The van der Waals surface area contributed by atoms with Crippen LogP contribution in [0.5, 0.6) is 0 Å². The predicted octanol–water partition coefficient (Wildman–Crippen LogP) is 5.04. The maximum atomic E-state index is 14.1. The molecule has 0 radical (unpaired) electrons. The normalized spacial score (nSPS) is 15.8. The van der Waals surface area contributed by atoms with Gasteiger partial charge in [0.1, 0.15) is 10.6 Å². The first-order chi connectivity index (χ1) is 16.2. The van der Waals surface area contributed by atoms with E-state index in [9.17, 15) is 12.8 Å². The van der Waals surface area contributed by atoms with Gasteiger partial charge in [-0.25, -0.2) is 17.8 Å². The summed E-state index contributed by atoms with van der Waals surface area (Å²) in [5.74, 6) is -0.365. The number of aromatic nitrogens is 3. The van der Waals surface area contributed by atoms with E-state index in [-0.39, 0.29) is 27.3 Å². The molecular weight excluding hydrogens is 501 g/mol. The molecule has 1 fully saturated rings. The molecule has 182 valence electrons. The van der Waals surface area contributed by atoms with E-state index in [0.717, 1.165) is 48.0 Å². The summed E-state index contributed by atoms with van der Waals surface area (Å²) in [6.45, 7) is 7.13. The fourth-order valence-corrected chi connectivity index (χ4v) is 6.47. The average molecular weight is 526 g/mol. The highest BCUT2D eigenvalue weighted by Gasteiger charge is 2.24. The van der Waals surface area contributed by atoms with Gasteiger partial charge in [-0.15, -0.1) is 0 Å². The molecule has 0 saturated carbocycles. The third-order valence-corrected chi connectivity index (χ3v) is 8.69. The van der Waals surface area contributed by atoms with Gasteiger partial charge in [-0.1, -0.05) is 22.9 Å². The summed E-state index contributed by atoms with van der Waals surface area (Å²) in [7, 11) is -4.17. The van der Waals surface area contributed by atoms with Gasteiger partial charge in [0.2, 0.25) is 0 Å². The number of nitrogens with one attached hydrogen (secondary N) is 2. The maximum absolute atomic E-state index is 14.1. The van der Waals surface area contributed by atoms with Crippen molar-refractivity contribution in [2.24, 2.45) is 5.92 Å². The van der Waals surface area contributed by atoms with Crippen LogP contribution >= 0.6 is 22.9 Å². The molecule has 0 spiro atoms. The second-order valence-corrected chi connectivity index (χ2v) is 11.3. The van der Waals surface area contributed by atoms with Crippen molar-refractivity contribution in [3.05, 3.63) is 46.9 Å². The van der Waals surface area contributed by atoms with Crippen molar-refractivity contribution < 1.29 is 17.5 Å². The van der Waals surface area contributed by atoms with Gasteiger partial charge in [-0.05, 0) is 45.6 Å². The lowest BCUT2D eigenvalue weighted by Gasteiger charge is -2.28. The van der Waals surface area contributed by atoms with Gasteiger partial charge in [0.15, 0.2) is 10.9 Å². The zero-order valence-corrected chi connectivity index (χ0v) is 21.3. The van der Waals surface area contributed by atoms with Crippen LogP contribution in [0.3, 0.4) is 0 Å². The number of nitrogens with zero attached hydrogens (tertiary/aromatic N) is 3. The number of anilines is 2. The average Bonchev–Trinajstić information content (AvgIpc) is 3.17. The zero-order chi connectivity index (χ0) is 24.5. The summed E-state index contributed by atoms with van der Waals surface area (Å²) in [5.41, 5.74) is 1.28. The zero-order valence-electron chi connectivity index (χ0n) is 18.9. The molecule has 0 aromatic carbocycles. The lowest BCUT2D eigenvalue weighted by molar-refractivity contribution is 0.0622. The van der Waals surface area contributed by atoms with E-state index in [4.69, 9.17) is 16.3 Å². The predicted molar refractivity (Wildman–Crippen MR) is 131 cm³/mol. The summed E-state index contributed by atoms with van der Waals surface area (Å²) < 4.78 is 48.0. The van der Waals surface area contributed by atoms with E-state index in [1.54, 1.807) is 13.1 Å². The first-order valence-corrected chi connectivity index (χ1v) is 13.4. The summed E-state index contributed by atoms with van der Waals surface area (Å²) in [5, 5.41) is 4.11. The largest absolute Gasteiger partial charge is 0.381 e. The number of sulfonamides is 1. The van der Waals surface area contributed by atoms with E-state index in [0.29, 0.717) is 11.5 Å². The fraction of sp³-hybridized carbons (Fsp3) is 0.409. The molecule has 0 aliphatic carbocycles. The molecule has 3 aromatic heterocycles. The molecule has 2 N–H and O–H groups in total. The van der Waals surface area contributed by atoms with Crippen LogP contribution in [0.2, 0.25) is 5.02 Å². The quantitative estimate of drug-likeness (QED) is 0.445. The SMILES string of the molecule is Cc1ncc(-c2sc(NC(C)C3CCOCC3)nc2C)cc1S(=O)(=O)Nc1c(F)cncc1Cl. The highest BCUT2D eigenvalue weighted by molar-refractivity contribution is 7.92. The van der Waals surface area contributed by atoms with Crippen molar-refractivity contribution in [2.75, 3.05) is 23.3 Å². The first-order valence-electron chi connectivity index (χ1n) is 10.8. The smallest absolute Gasteiger partial charge is 0.263 e. The van der Waals surface area contributed by atoms with Crippen molar-refractivity contribution in [3.63, 3.8) is 0 Å². The van der Waals surface area contributed by atoms with Crippen LogP contribution in [0.1, 0.15) is 31.2 Å². The molecule has 8 nitrogen and oxygen atoms in total. The molecule has 0 bridgehead atoms. The number of aryl methyl sites for hydroxylation is 2. The highest BCUT2D eigenvalue weighted by Crippen LogP contribution is 2.36. The fourth-order valence-electron chi connectivity index (χ4n) is 3.86. The van der Waals surface area contributed by atoms with Gasteiger partial charge < -0.3 is 10.1 Å². The molecule has 1 unspecified atom stereocenters. The summed E-state index contributed by atoms with van der Waals surface area (Å²) in [4.78, 5) is 13.3. The number of rotatable bonds is 7. The Morgan fingerprint density at radius 2 is 1.94 bits per heavy atom. The van der Waals surface area contributed by atoms with Crippen molar-refractivity contribution in [1.82, 2.24) is 15.0 Å². The molecule has 0 amide bonds. The number of ether oxygens (including phenoxy) is 1. The van der Waals surface area contributed by atoms with Crippen LogP contribution in [-0.4, -0.2) is 42.6 Å². The number of hydrogen-bond donors (Lipinski definition) is 2. The Balaban J connectivity index is 1.61. The second-order valence-electron chi connectivity index (χ2n) is 8.21. The Morgan fingerprint density at radius 1 is 1.21 bits per heavy atom. The van der Waals surface area contributed by atoms with Crippen LogP contribution in [-0.2, 0) is 14.8 Å². The second kappa shape index (κ2) is 10.1. The molecule has 4 heterocycles. The molecule has 1 atom stereocenters. The van der Waals surface area contributed by atoms with E-state index < -0.39 is 15.8 Å². The molecule has 1 saturated heterocycles. The van der Waals surface area contributed by atoms with Crippen molar-refractivity contribution in [3.8, 4) is 10.4 Å². The van der Waals surface area contributed by atoms with E-state index in [1.807, 2.05) is 6.92 Å². The van der Waals surface area contributed by atoms with Crippen LogP contribution < -0.4 is 10.0 Å². The van der Waals surface area contributed by atoms with Gasteiger partial charge >= 0.3 is 0 Å². The Hall–Kier alpha value is -2.34. The maximum Gasteiger partial charge on any atom is 0.263 e. The van der Waals surface area contributed by atoms with Crippen LogP contribution in [0.25, 0.3) is 10.4 Å². The number of pyridine rings is 2. The lowest BCUT2D eigenvalue weighted by Crippen LogP contribution is -2.30. The third-order valence-electron chi connectivity index (χ3n) is 5.80. The molecular formula is C22H25ClFN5O3S2. The minimum atomic E-state index is -4.17. The topological polar surface area (TPSA) is 106 Å². The highest BCUT2D eigenvalue weighted by atomic mass is 35.5. The molecule has 1 aliphatic heterocycles. The van der Waals surface area contributed by atoms with Crippen LogP contribution in [0.4, 0.5) is 15.2 Å². The van der Waals surface area contributed by atoms with E-state index in [1.165, 1.54) is 23.6 Å². The standard InChI is InChI=1S/C22H25ClFN5O3S2/c1-12(15-4-6-32-7-5-15)27-22-28-14(3)21(33-22)16-8-19(13(2)26-9-16)34(30,31)29-20-17(23)10-25-11-18(20)24/h8-12,15H,4-7H2,1-3H3,(H,25,29)(H,27,28). The minimum absolute atomic E-state index is 0.0739. The molecule has 4 rings (SSSR count). The minimum Gasteiger partial charge on any atom is -0.381 e. The monoisotopic (exact) mass is 525 g/mol. The van der Waals surface area contributed by atoms with Gasteiger partial charge in [0, 0.05) is 37.2 Å². The van der Waals surface area contributed by atoms with Crippen molar-refractivity contribution in [1.29, 1.82) is 0 Å². The lowest BCUT2D eigenvalue weighted by atomic mass is 9.93. The molecule has 34 heavy (non-hydrogen) atoms. The first kappa shape index (κ1) is 24.8. The Morgan fingerprint density at radius 3 is 2.65 bits per heavy atom. The van der Waals surface area contributed by atoms with Crippen LogP contribution in [0.15, 0.2) is 29.6 Å². The van der Waals surface area contributed by atoms with Crippen LogP contribution in [0, 0.1) is 25.6 Å². The van der Waals surface area contributed by atoms with Gasteiger partial charge in [-0.2, -0.15) is 0 Å². The van der Waals surface area contributed by atoms with E-state index in [2.05, 4.69) is 31.9 Å². The van der Waals surface area contributed by atoms with Gasteiger partial charge in [0.25, 0.3) is 10.0 Å². The van der Waals surface area contributed by atoms with Crippen molar-refractivity contribution in [2.45, 2.75) is 44.6 Å². The number of thiazole rings is 1. The Bertz CT molecular complexity index is 1280.